The van der Waals surface area contributed by atoms with E-state index < -0.39 is 0 Å². The highest BCUT2D eigenvalue weighted by atomic mass is 16.3. The molecule has 0 fully saturated rings. The van der Waals surface area contributed by atoms with Crippen molar-refractivity contribution in [1.82, 2.24) is 5.32 Å². The highest BCUT2D eigenvalue weighted by molar-refractivity contribution is 5.34. The molecule has 0 aliphatic heterocycles. The fourth-order valence-electron chi connectivity index (χ4n) is 1.66. The molecule has 0 aromatic heterocycles. The van der Waals surface area contributed by atoms with E-state index in [1.807, 2.05) is 0 Å². The van der Waals surface area contributed by atoms with Gasteiger partial charge in [0.05, 0.1) is 6.61 Å². The van der Waals surface area contributed by atoms with E-state index >= 15 is 0 Å². The van der Waals surface area contributed by atoms with Crippen LogP contribution in [0.3, 0.4) is 0 Å². The molecule has 0 saturated carbocycles. The number of hydrogen-bond acceptors (Lipinski definition) is 2. The SMILES string of the molecule is Cc1cc(C(C)(C)C)ccc1CNCCO. The minimum Gasteiger partial charge on any atom is -0.395 e. The summed E-state index contributed by atoms with van der Waals surface area (Å²) in [5, 5.41) is 11.9. The largest absolute Gasteiger partial charge is 0.395 e. The molecule has 0 saturated heterocycles. The molecule has 16 heavy (non-hydrogen) atoms. The first-order valence-electron chi connectivity index (χ1n) is 5.86. The molecule has 0 bridgehead atoms. The first-order chi connectivity index (χ1) is 7.45. The maximum atomic E-state index is 8.70. The van der Waals surface area contributed by atoms with Crippen LogP contribution in [-0.4, -0.2) is 18.3 Å². The van der Waals surface area contributed by atoms with Crippen LogP contribution in [0, 0.1) is 6.92 Å². The van der Waals surface area contributed by atoms with Gasteiger partial charge >= 0.3 is 0 Å². The average molecular weight is 221 g/mol. The molecule has 0 unspecified atom stereocenters. The minimum atomic E-state index is 0.194. The van der Waals surface area contributed by atoms with E-state index in [4.69, 9.17) is 5.11 Å². The molecule has 2 heteroatoms. The molecule has 1 aromatic rings. The second kappa shape index (κ2) is 5.46. The van der Waals surface area contributed by atoms with Crippen molar-refractivity contribution >= 4 is 0 Å². The Kier molecular flexibility index (Phi) is 4.51. The molecule has 1 aromatic carbocycles. The second-order valence-corrected chi connectivity index (χ2v) is 5.29. The summed E-state index contributed by atoms with van der Waals surface area (Å²) in [5.41, 5.74) is 4.21. The summed E-state index contributed by atoms with van der Waals surface area (Å²) in [5.74, 6) is 0. The summed E-state index contributed by atoms with van der Waals surface area (Å²) < 4.78 is 0. The van der Waals surface area contributed by atoms with E-state index in [0.717, 1.165) is 6.54 Å². The number of aliphatic hydroxyl groups is 1. The number of aryl methyl sites for hydroxylation is 1. The van der Waals surface area contributed by atoms with Crippen LogP contribution in [0.4, 0.5) is 0 Å². The summed E-state index contributed by atoms with van der Waals surface area (Å²) in [7, 11) is 0. The van der Waals surface area contributed by atoms with Crippen molar-refractivity contribution in [1.29, 1.82) is 0 Å². The third kappa shape index (κ3) is 3.62. The Labute approximate surface area is 98.7 Å². The zero-order chi connectivity index (χ0) is 12.2. The van der Waals surface area contributed by atoms with Gasteiger partial charge in [0.2, 0.25) is 0 Å². The van der Waals surface area contributed by atoms with Crippen molar-refractivity contribution in [3.8, 4) is 0 Å². The number of benzene rings is 1. The lowest BCUT2D eigenvalue weighted by Gasteiger charge is -2.20. The predicted molar refractivity (Wildman–Crippen MR) is 68.7 cm³/mol. The Hall–Kier alpha value is -0.860. The van der Waals surface area contributed by atoms with Crippen LogP contribution in [-0.2, 0) is 12.0 Å². The van der Waals surface area contributed by atoms with E-state index in [9.17, 15) is 0 Å². The lowest BCUT2D eigenvalue weighted by Crippen LogP contribution is -2.18. The molecule has 0 atom stereocenters. The van der Waals surface area contributed by atoms with Gasteiger partial charge < -0.3 is 10.4 Å². The van der Waals surface area contributed by atoms with E-state index in [1.54, 1.807) is 0 Å². The van der Waals surface area contributed by atoms with E-state index in [1.165, 1.54) is 16.7 Å². The topological polar surface area (TPSA) is 32.3 Å². The Morgan fingerprint density at radius 3 is 2.44 bits per heavy atom. The molecule has 0 spiro atoms. The first-order valence-corrected chi connectivity index (χ1v) is 5.86. The molecule has 2 N–H and O–H groups in total. The lowest BCUT2D eigenvalue weighted by molar-refractivity contribution is 0.292. The third-order valence-electron chi connectivity index (χ3n) is 2.81. The van der Waals surface area contributed by atoms with Gasteiger partial charge in [0.15, 0.2) is 0 Å². The van der Waals surface area contributed by atoms with Crippen LogP contribution in [0.1, 0.15) is 37.5 Å². The van der Waals surface area contributed by atoms with Gasteiger partial charge in [0.1, 0.15) is 0 Å². The molecule has 0 radical (unpaired) electrons. The fraction of sp³-hybridized carbons (Fsp3) is 0.571. The van der Waals surface area contributed by atoms with Crippen LogP contribution in [0.5, 0.6) is 0 Å². The van der Waals surface area contributed by atoms with Crippen LogP contribution in [0.15, 0.2) is 18.2 Å². The fourth-order valence-corrected chi connectivity index (χ4v) is 1.66. The maximum Gasteiger partial charge on any atom is 0.0556 e. The molecular formula is C14H23NO. The lowest BCUT2D eigenvalue weighted by atomic mass is 9.85. The smallest absolute Gasteiger partial charge is 0.0556 e. The van der Waals surface area contributed by atoms with Crippen LogP contribution in [0.2, 0.25) is 0 Å². The van der Waals surface area contributed by atoms with Gasteiger partial charge in [0.25, 0.3) is 0 Å². The molecule has 2 nitrogen and oxygen atoms in total. The predicted octanol–water partition coefficient (Wildman–Crippen LogP) is 2.37. The van der Waals surface area contributed by atoms with Crippen molar-refractivity contribution in [3.05, 3.63) is 34.9 Å². The van der Waals surface area contributed by atoms with Gasteiger partial charge in [-0.25, -0.2) is 0 Å². The molecule has 1 rings (SSSR count). The Balaban J connectivity index is 2.76. The monoisotopic (exact) mass is 221 g/mol. The number of aliphatic hydroxyl groups excluding tert-OH is 1. The summed E-state index contributed by atoms with van der Waals surface area (Å²) in [6.07, 6.45) is 0. The number of hydrogen-bond donors (Lipinski definition) is 2. The van der Waals surface area contributed by atoms with Crippen molar-refractivity contribution in [2.45, 2.75) is 39.7 Å². The second-order valence-electron chi connectivity index (χ2n) is 5.29. The average Bonchev–Trinajstić information content (AvgIpc) is 2.19. The summed E-state index contributed by atoms with van der Waals surface area (Å²) in [4.78, 5) is 0. The highest BCUT2D eigenvalue weighted by Gasteiger charge is 2.14. The maximum absolute atomic E-state index is 8.70. The first kappa shape index (κ1) is 13.2. The molecule has 0 aliphatic rings. The Morgan fingerprint density at radius 2 is 1.94 bits per heavy atom. The van der Waals surface area contributed by atoms with E-state index in [2.05, 4.69) is 51.2 Å². The third-order valence-corrected chi connectivity index (χ3v) is 2.81. The van der Waals surface area contributed by atoms with Gasteiger partial charge in [-0.15, -0.1) is 0 Å². The van der Waals surface area contributed by atoms with Gasteiger partial charge in [-0.1, -0.05) is 39.0 Å². The van der Waals surface area contributed by atoms with E-state index in [0.29, 0.717) is 6.54 Å². The van der Waals surface area contributed by atoms with Crippen molar-refractivity contribution in [3.63, 3.8) is 0 Å². The number of nitrogens with one attached hydrogen (secondary N) is 1. The van der Waals surface area contributed by atoms with Gasteiger partial charge in [-0.2, -0.15) is 0 Å². The van der Waals surface area contributed by atoms with Crippen LogP contribution in [0.25, 0.3) is 0 Å². The Morgan fingerprint density at radius 1 is 1.25 bits per heavy atom. The molecule has 0 heterocycles. The quantitative estimate of drug-likeness (QED) is 0.765. The minimum absolute atomic E-state index is 0.194. The molecule has 90 valence electrons. The summed E-state index contributed by atoms with van der Waals surface area (Å²) >= 11 is 0. The molecular weight excluding hydrogens is 198 g/mol. The molecule has 0 aliphatic carbocycles. The van der Waals surface area contributed by atoms with Gasteiger partial charge in [0, 0.05) is 13.1 Å². The van der Waals surface area contributed by atoms with Crippen LogP contribution < -0.4 is 5.32 Å². The van der Waals surface area contributed by atoms with Gasteiger partial charge in [-0.3, -0.25) is 0 Å². The summed E-state index contributed by atoms with van der Waals surface area (Å²) in [6, 6.07) is 6.64. The van der Waals surface area contributed by atoms with Crippen molar-refractivity contribution in [2.24, 2.45) is 0 Å². The summed E-state index contributed by atoms with van der Waals surface area (Å²) in [6.45, 7) is 10.5. The van der Waals surface area contributed by atoms with E-state index in [-0.39, 0.29) is 12.0 Å². The van der Waals surface area contributed by atoms with Crippen molar-refractivity contribution < 1.29 is 5.11 Å². The van der Waals surface area contributed by atoms with Crippen molar-refractivity contribution in [2.75, 3.05) is 13.2 Å². The molecule has 0 amide bonds. The van der Waals surface area contributed by atoms with Gasteiger partial charge in [-0.05, 0) is 29.0 Å². The zero-order valence-corrected chi connectivity index (χ0v) is 10.8. The highest BCUT2D eigenvalue weighted by Crippen LogP contribution is 2.24. The number of rotatable bonds is 4. The standard InChI is InChI=1S/C14H23NO/c1-11-9-13(14(2,3)4)6-5-12(11)10-15-7-8-16/h5-6,9,15-16H,7-8,10H2,1-4H3. The zero-order valence-electron chi connectivity index (χ0n) is 10.8. The Bertz CT molecular complexity index is 339. The normalized spacial score (nSPS) is 11.8. The van der Waals surface area contributed by atoms with Crippen LogP contribution >= 0.6 is 0 Å².